The zero-order valence-electron chi connectivity index (χ0n) is 16.3. The molecule has 1 amide bonds. The van der Waals surface area contributed by atoms with E-state index < -0.39 is 0 Å². The molecular formula is C21H33ClN2O3. The number of carbonyl (C=O) groups is 1. The van der Waals surface area contributed by atoms with Gasteiger partial charge < -0.3 is 20.1 Å². The Bertz CT molecular complexity index is 585. The summed E-state index contributed by atoms with van der Waals surface area (Å²) in [6.07, 6.45) is 6.35. The summed E-state index contributed by atoms with van der Waals surface area (Å²) in [6, 6.07) is 6.16. The van der Waals surface area contributed by atoms with Crippen molar-refractivity contribution in [1.29, 1.82) is 0 Å². The second-order valence-corrected chi connectivity index (χ2v) is 7.57. The van der Waals surface area contributed by atoms with E-state index in [0.717, 1.165) is 55.8 Å². The Kier molecular flexibility index (Phi) is 9.39. The van der Waals surface area contributed by atoms with Crippen molar-refractivity contribution in [2.24, 2.45) is 5.92 Å². The Morgan fingerprint density at radius 2 is 2.11 bits per heavy atom. The fourth-order valence-corrected chi connectivity index (χ4v) is 3.69. The minimum atomic E-state index is 0. The molecule has 2 aliphatic heterocycles. The standard InChI is InChI=1S/C21H32N2O3.ClH/c1-16-4-6-18(20(13-16)26-15-19-3-2-12-25-19)14-23-21(24)7-5-17-8-10-22-11-9-17;/h4,6,13,17,19,22H,2-3,5,7-12,14-15H2,1H3,(H,23,24);1H. The highest BCUT2D eigenvalue weighted by atomic mass is 35.5. The van der Waals surface area contributed by atoms with Gasteiger partial charge in [-0.2, -0.15) is 0 Å². The molecule has 0 bridgehead atoms. The molecule has 0 aliphatic carbocycles. The average molecular weight is 397 g/mol. The maximum absolute atomic E-state index is 12.2. The molecule has 2 aliphatic rings. The lowest BCUT2D eigenvalue weighted by Crippen LogP contribution is -2.29. The molecule has 3 rings (SSSR count). The lowest BCUT2D eigenvalue weighted by atomic mass is 9.93. The number of hydrogen-bond acceptors (Lipinski definition) is 4. The van der Waals surface area contributed by atoms with Crippen molar-refractivity contribution in [2.45, 2.75) is 58.1 Å². The number of carbonyl (C=O) groups excluding carboxylic acids is 1. The van der Waals surface area contributed by atoms with Crippen LogP contribution in [0.15, 0.2) is 18.2 Å². The van der Waals surface area contributed by atoms with Gasteiger partial charge in [-0.3, -0.25) is 4.79 Å². The van der Waals surface area contributed by atoms with E-state index in [-0.39, 0.29) is 24.4 Å². The molecule has 0 spiro atoms. The van der Waals surface area contributed by atoms with Gasteiger partial charge >= 0.3 is 0 Å². The number of hydrogen-bond donors (Lipinski definition) is 2. The van der Waals surface area contributed by atoms with E-state index in [9.17, 15) is 4.79 Å². The summed E-state index contributed by atoms with van der Waals surface area (Å²) < 4.78 is 11.6. The predicted octanol–water partition coefficient (Wildman–Crippen LogP) is 3.37. The smallest absolute Gasteiger partial charge is 0.220 e. The normalized spacial score (nSPS) is 20.1. The second-order valence-electron chi connectivity index (χ2n) is 7.57. The molecule has 1 atom stereocenters. The highest BCUT2D eigenvalue weighted by Crippen LogP contribution is 2.23. The number of piperidine rings is 1. The summed E-state index contributed by atoms with van der Waals surface area (Å²) >= 11 is 0. The van der Waals surface area contributed by atoms with E-state index in [0.29, 0.717) is 25.5 Å². The maximum Gasteiger partial charge on any atom is 0.220 e. The Balaban J connectivity index is 0.00000261. The molecule has 152 valence electrons. The van der Waals surface area contributed by atoms with Gasteiger partial charge in [-0.15, -0.1) is 12.4 Å². The summed E-state index contributed by atoms with van der Waals surface area (Å²) in [5.41, 5.74) is 2.19. The molecule has 1 aromatic carbocycles. The lowest BCUT2D eigenvalue weighted by molar-refractivity contribution is -0.121. The highest BCUT2D eigenvalue weighted by molar-refractivity contribution is 5.85. The van der Waals surface area contributed by atoms with Crippen molar-refractivity contribution >= 4 is 18.3 Å². The average Bonchev–Trinajstić information content (AvgIpc) is 3.18. The van der Waals surface area contributed by atoms with Crippen LogP contribution < -0.4 is 15.4 Å². The summed E-state index contributed by atoms with van der Waals surface area (Å²) in [5.74, 6) is 1.68. The monoisotopic (exact) mass is 396 g/mol. The Labute approximate surface area is 169 Å². The summed E-state index contributed by atoms with van der Waals surface area (Å²) in [6.45, 7) is 6.16. The Morgan fingerprint density at radius 3 is 2.85 bits per heavy atom. The summed E-state index contributed by atoms with van der Waals surface area (Å²) in [4.78, 5) is 12.2. The number of nitrogens with one attached hydrogen (secondary N) is 2. The van der Waals surface area contributed by atoms with Crippen LogP contribution in [0.5, 0.6) is 5.75 Å². The SMILES string of the molecule is Cc1ccc(CNC(=O)CCC2CCNCC2)c(OCC2CCCO2)c1.Cl. The molecule has 0 aromatic heterocycles. The number of amides is 1. The van der Waals surface area contributed by atoms with Crippen molar-refractivity contribution in [1.82, 2.24) is 10.6 Å². The van der Waals surface area contributed by atoms with Crippen LogP contribution in [0.4, 0.5) is 0 Å². The van der Waals surface area contributed by atoms with Crippen molar-refractivity contribution in [3.63, 3.8) is 0 Å². The first-order valence-electron chi connectivity index (χ1n) is 10.0. The lowest BCUT2D eigenvalue weighted by Gasteiger charge is -2.22. The van der Waals surface area contributed by atoms with Gasteiger partial charge in [-0.25, -0.2) is 0 Å². The first-order chi connectivity index (χ1) is 12.7. The van der Waals surface area contributed by atoms with Crippen LogP contribution >= 0.6 is 12.4 Å². The van der Waals surface area contributed by atoms with Crippen molar-refractivity contribution in [2.75, 3.05) is 26.3 Å². The fraction of sp³-hybridized carbons (Fsp3) is 0.667. The third-order valence-corrected chi connectivity index (χ3v) is 5.39. The molecule has 1 aromatic rings. The molecule has 5 nitrogen and oxygen atoms in total. The Hall–Kier alpha value is -1.30. The number of ether oxygens (including phenoxy) is 2. The van der Waals surface area contributed by atoms with Gasteiger partial charge in [-0.1, -0.05) is 12.1 Å². The van der Waals surface area contributed by atoms with Crippen molar-refractivity contribution in [3.05, 3.63) is 29.3 Å². The molecule has 6 heteroatoms. The highest BCUT2D eigenvalue weighted by Gasteiger charge is 2.17. The largest absolute Gasteiger partial charge is 0.491 e. The van der Waals surface area contributed by atoms with Gasteiger partial charge in [0, 0.05) is 25.1 Å². The van der Waals surface area contributed by atoms with E-state index in [2.05, 4.69) is 23.6 Å². The minimum Gasteiger partial charge on any atom is -0.491 e. The second kappa shape index (κ2) is 11.5. The zero-order valence-corrected chi connectivity index (χ0v) is 17.1. The fourth-order valence-electron chi connectivity index (χ4n) is 3.69. The van der Waals surface area contributed by atoms with Crippen molar-refractivity contribution in [3.8, 4) is 5.75 Å². The topological polar surface area (TPSA) is 59.6 Å². The van der Waals surface area contributed by atoms with Gasteiger partial charge in [0.2, 0.25) is 5.91 Å². The van der Waals surface area contributed by atoms with Crippen LogP contribution in [-0.4, -0.2) is 38.3 Å². The first-order valence-corrected chi connectivity index (χ1v) is 10.0. The van der Waals surface area contributed by atoms with Crippen molar-refractivity contribution < 1.29 is 14.3 Å². The number of rotatable bonds is 8. The van der Waals surface area contributed by atoms with Gasteiger partial charge in [0.1, 0.15) is 12.4 Å². The van der Waals surface area contributed by atoms with Crippen LogP contribution in [0.1, 0.15) is 49.7 Å². The Morgan fingerprint density at radius 1 is 1.30 bits per heavy atom. The van der Waals surface area contributed by atoms with E-state index in [1.54, 1.807) is 0 Å². The van der Waals surface area contributed by atoms with Gasteiger partial charge in [0.25, 0.3) is 0 Å². The minimum absolute atomic E-state index is 0. The van der Waals surface area contributed by atoms with Gasteiger partial charge in [0.15, 0.2) is 0 Å². The van der Waals surface area contributed by atoms with Crippen LogP contribution in [0.2, 0.25) is 0 Å². The number of benzene rings is 1. The van der Waals surface area contributed by atoms with Crippen LogP contribution in [0.3, 0.4) is 0 Å². The van der Waals surface area contributed by atoms with Crippen LogP contribution in [-0.2, 0) is 16.1 Å². The van der Waals surface area contributed by atoms with Crippen LogP contribution in [0, 0.1) is 12.8 Å². The zero-order chi connectivity index (χ0) is 18.2. The summed E-state index contributed by atoms with van der Waals surface area (Å²) in [7, 11) is 0. The van der Waals surface area contributed by atoms with E-state index in [1.807, 2.05) is 12.1 Å². The third kappa shape index (κ3) is 7.32. The van der Waals surface area contributed by atoms with Gasteiger partial charge in [0.05, 0.1) is 6.10 Å². The van der Waals surface area contributed by atoms with Gasteiger partial charge in [-0.05, 0) is 69.7 Å². The molecule has 0 radical (unpaired) electrons. The van der Waals surface area contributed by atoms with E-state index >= 15 is 0 Å². The molecule has 27 heavy (non-hydrogen) atoms. The maximum atomic E-state index is 12.2. The molecule has 1 unspecified atom stereocenters. The third-order valence-electron chi connectivity index (χ3n) is 5.39. The first kappa shape index (κ1) is 22.0. The molecule has 2 N–H and O–H groups in total. The molecule has 0 saturated carbocycles. The number of aryl methyl sites for hydroxylation is 1. The van der Waals surface area contributed by atoms with Crippen LogP contribution in [0.25, 0.3) is 0 Å². The predicted molar refractivity (Wildman–Crippen MR) is 110 cm³/mol. The molecular weight excluding hydrogens is 364 g/mol. The van der Waals surface area contributed by atoms with E-state index in [4.69, 9.17) is 9.47 Å². The molecule has 2 saturated heterocycles. The summed E-state index contributed by atoms with van der Waals surface area (Å²) in [5, 5.41) is 6.43. The quantitative estimate of drug-likeness (QED) is 0.707. The van der Waals surface area contributed by atoms with E-state index in [1.165, 1.54) is 12.8 Å². The molecule has 2 heterocycles. The molecule has 2 fully saturated rings. The number of halogens is 1.